The number of nitrogen functional groups attached to an aromatic ring is 1. The maximum absolute atomic E-state index is 11.9. The fourth-order valence-corrected chi connectivity index (χ4v) is 2.14. The van der Waals surface area contributed by atoms with Gasteiger partial charge >= 0.3 is 0 Å². The summed E-state index contributed by atoms with van der Waals surface area (Å²) in [4.78, 5) is 23.6. The molecule has 5 nitrogen and oxygen atoms in total. The van der Waals surface area contributed by atoms with Crippen LogP contribution in [0.1, 0.15) is 24.8 Å². The number of nitrogens with two attached hydrogens (primary N) is 1. The van der Waals surface area contributed by atoms with E-state index in [1.165, 1.54) is 0 Å². The molecule has 2 amide bonds. The minimum atomic E-state index is -0.399. The number of carbonyl (C=O) groups excluding carboxylic acids is 2. The lowest BCUT2D eigenvalue weighted by Gasteiger charge is -2.15. The zero-order valence-corrected chi connectivity index (χ0v) is 12.0. The van der Waals surface area contributed by atoms with Crippen molar-refractivity contribution in [3.05, 3.63) is 29.8 Å². The molecule has 0 aliphatic carbocycles. The van der Waals surface area contributed by atoms with E-state index in [2.05, 4.69) is 10.6 Å². The van der Waals surface area contributed by atoms with Gasteiger partial charge in [-0.3, -0.25) is 9.59 Å². The second kappa shape index (κ2) is 7.75. The third kappa shape index (κ3) is 4.74. The molecule has 2 rings (SSSR count). The molecule has 1 unspecified atom stereocenters. The molecule has 1 heterocycles. The third-order valence-corrected chi connectivity index (χ3v) is 3.21. The van der Waals surface area contributed by atoms with E-state index >= 15 is 0 Å². The summed E-state index contributed by atoms with van der Waals surface area (Å²) in [6.07, 6.45) is 2.89. The lowest BCUT2D eigenvalue weighted by molar-refractivity contribution is -0.128. The molecule has 0 aromatic heterocycles. The number of nitrogens with one attached hydrogen (secondary N) is 2. The fourth-order valence-electron chi connectivity index (χ4n) is 2.14. The van der Waals surface area contributed by atoms with Gasteiger partial charge in [0.25, 0.3) is 0 Å². The molecule has 6 heteroatoms. The quantitative estimate of drug-likeness (QED) is 0.728. The highest BCUT2D eigenvalue weighted by Crippen LogP contribution is 2.08. The van der Waals surface area contributed by atoms with E-state index in [9.17, 15) is 9.59 Å². The summed E-state index contributed by atoms with van der Waals surface area (Å²) in [5.41, 5.74) is 7.15. The molecule has 1 fully saturated rings. The van der Waals surface area contributed by atoms with Gasteiger partial charge in [0.2, 0.25) is 11.8 Å². The molecule has 4 N–H and O–H groups in total. The first-order chi connectivity index (χ1) is 9.15. The standard InChI is InChI=1S/C14H19N3O2.ClH/c15-11-6-4-10(5-7-11)9-13(18)17-12-3-1-2-8-16-14(12)19;/h4-7,12H,1-3,8-9,15H2,(H,16,19)(H,17,18);1H. The van der Waals surface area contributed by atoms with Gasteiger partial charge in [-0.15, -0.1) is 12.4 Å². The van der Waals surface area contributed by atoms with Crippen LogP contribution in [0.4, 0.5) is 5.69 Å². The Kier molecular flexibility index (Phi) is 6.31. The molecular weight excluding hydrogens is 278 g/mol. The molecule has 0 spiro atoms. The Morgan fingerprint density at radius 2 is 2.00 bits per heavy atom. The number of carbonyl (C=O) groups is 2. The molecule has 0 saturated carbocycles. The van der Waals surface area contributed by atoms with Gasteiger partial charge in [0.1, 0.15) is 6.04 Å². The van der Waals surface area contributed by atoms with E-state index in [4.69, 9.17) is 5.73 Å². The van der Waals surface area contributed by atoms with Crippen LogP contribution in [-0.4, -0.2) is 24.4 Å². The van der Waals surface area contributed by atoms with Crippen molar-refractivity contribution in [1.29, 1.82) is 0 Å². The number of amides is 2. The van der Waals surface area contributed by atoms with Crippen molar-refractivity contribution in [1.82, 2.24) is 10.6 Å². The van der Waals surface area contributed by atoms with Crippen LogP contribution in [0.2, 0.25) is 0 Å². The highest BCUT2D eigenvalue weighted by Gasteiger charge is 2.22. The number of rotatable bonds is 3. The smallest absolute Gasteiger partial charge is 0.242 e. The molecule has 0 radical (unpaired) electrons. The third-order valence-electron chi connectivity index (χ3n) is 3.21. The highest BCUT2D eigenvalue weighted by molar-refractivity contribution is 5.88. The summed E-state index contributed by atoms with van der Waals surface area (Å²) in [5.74, 6) is -0.213. The lowest BCUT2D eigenvalue weighted by atomic mass is 10.1. The van der Waals surface area contributed by atoms with E-state index in [-0.39, 0.29) is 30.6 Å². The maximum atomic E-state index is 11.9. The molecule has 1 aromatic rings. The van der Waals surface area contributed by atoms with E-state index in [1.807, 2.05) is 12.1 Å². The van der Waals surface area contributed by atoms with Gasteiger partial charge in [0, 0.05) is 12.2 Å². The summed E-state index contributed by atoms with van der Waals surface area (Å²) >= 11 is 0. The summed E-state index contributed by atoms with van der Waals surface area (Å²) in [6, 6.07) is 6.77. The maximum Gasteiger partial charge on any atom is 0.242 e. The van der Waals surface area contributed by atoms with Crippen LogP contribution in [0.5, 0.6) is 0 Å². The number of hydrogen-bond acceptors (Lipinski definition) is 3. The molecule has 1 atom stereocenters. The van der Waals surface area contributed by atoms with Crippen molar-refractivity contribution in [2.75, 3.05) is 12.3 Å². The molecule has 20 heavy (non-hydrogen) atoms. The average molecular weight is 298 g/mol. The first-order valence-electron chi connectivity index (χ1n) is 6.56. The van der Waals surface area contributed by atoms with E-state index in [0.29, 0.717) is 18.7 Å². The zero-order chi connectivity index (χ0) is 13.7. The predicted octanol–water partition coefficient (Wildman–Crippen LogP) is 1.02. The summed E-state index contributed by atoms with van der Waals surface area (Å²) in [7, 11) is 0. The van der Waals surface area contributed by atoms with Crippen LogP contribution in [0.25, 0.3) is 0 Å². The Balaban J connectivity index is 0.00000200. The topological polar surface area (TPSA) is 84.2 Å². The van der Waals surface area contributed by atoms with Crippen LogP contribution in [-0.2, 0) is 16.0 Å². The summed E-state index contributed by atoms with van der Waals surface area (Å²) in [5, 5.41) is 5.59. The lowest BCUT2D eigenvalue weighted by Crippen LogP contribution is -2.45. The van der Waals surface area contributed by atoms with Crippen LogP contribution in [0.3, 0.4) is 0 Å². The van der Waals surface area contributed by atoms with Crippen molar-refractivity contribution < 1.29 is 9.59 Å². The van der Waals surface area contributed by atoms with Crippen molar-refractivity contribution in [2.45, 2.75) is 31.7 Å². The number of halogens is 1. The van der Waals surface area contributed by atoms with Gasteiger partial charge < -0.3 is 16.4 Å². The predicted molar refractivity (Wildman–Crippen MR) is 80.6 cm³/mol. The number of benzene rings is 1. The molecule has 0 bridgehead atoms. The largest absolute Gasteiger partial charge is 0.399 e. The van der Waals surface area contributed by atoms with Gasteiger partial charge in [-0.1, -0.05) is 12.1 Å². The van der Waals surface area contributed by atoms with Crippen molar-refractivity contribution >= 4 is 29.9 Å². The fraction of sp³-hybridized carbons (Fsp3) is 0.429. The van der Waals surface area contributed by atoms with Crippen LogP contribution < -0.4 is 16.4 Å². The van der Waals surface area contributed by atoms with E-state index < -0.39 is 6.04 Å². The first kappa shape index (κ1) is 16.3. The Morgan fingerprint density at radius 1 is 1.30 bits per heavy atom. The normalized spacial score (nSPS) is 18.4. The first-order valence-corrected chi connectivity index (χ1v) is 6.56. The molecule has 1 aliphatic rings. The summed E-state index contributed by atoms with van der Waals surface area (Å²) < 4.78 is 0. The Morgan fingerprint density at radius 3 is 2.70 bits per heavy atom. The Labute approximate surface area is 124 Å². The van der Waals surface area contributed by atoms with Crippen LogP contribution in [0, 0.1) is 0 Å². The second-order valence-electron chi connectivity index (χ2n) is 4.83. The van der Waals surface area contributed by atoms with Crippen molar-refractivity contribution in [2.24, 2.45) is 0 Å². The zero-order valence-electron chi connectivity index (χ0n) is 11.2. The van der Waals surface area contributed by atoms with Gasteiger partial charge in [0.15, 0.2) is 0 Å². The second-order valence-corrected chi connectivity index (χ2v) is 4.83. The van der Waals surface area contributed by atoms with Gasteiger partial charge in [-0.25, -0.2) is 0 Å². The van der Waals surface area contributed by atoms with Gasteiger partial charge in [-0.2, -0.15) is 0 Å². The monoisotopic (exact) mass is 297 g/mol. The average Bonchev–Trinajstić information content (AvgIpc) is 2.58. The van der Waals surface area contributed by atoms with Crippen molar-refractivity contribution in [3.8, 4) is 0 Å². The highest BCUT2D eigenvalue weighted by atomic mass is 35.5. The van der Waals surface area contributed by atoms with E-state index in [1.54, 1.807) is 12.1 Å². The van der Waals surface area contributed by atoms with E-state index in [0.717, 1.165) is 18.4 Å². The number of hydrogen-bond donors (Lipinski definition) is 3. The number of anilines is 1. The molecular formula is C14H20ClN3O2. The van der Waals surface area contributed by atoms with Crippen LogP contribution in [0.15, 0.2) is 24.3 Å². The molecule has 110 valence electrons. The summed E-state index contributed by atoms with van der Waals surface area (Å²) in [6.45, 7) is 0.698. The van der Waals surface area contributed by atoms with Crippen LogP contribution >= 0.6 is 12.4 Å². The van der Waals surface area contributed by atoms with Gasteiger partial charge in [0.05, 0.1) is 6.42 Å². The molecule has 1 aromatic carbocycles. The van der Waals surface area contributed by atoms with Gasteiger partial charge in [-0.05, 0) is 37.0 Å². The minimum Gasteiger partial charge on any atom is -0.399 e. The van der Waals surface area contributed by atoms with Crippen molar-refractivity contribution in [3.63, 3.8) is 0 Å². The molecule has 1 aliphatic heterocycles. The molecule has 1 saturated heterocycles. The Bertz CT molecular complexity index is 462. The Hall–Kier alpha value is -1.75. The minimum absolute atomic E-state index is 0. The SMILES string of the molecule is Cl.Nc1ccc(CC(=O)NC2CCCCNC2=O)cc1.